The Morgan fingerprint density at radius 2 is 1.71 bits per heavy atom. The third kappa shape index (κ3) is 4.03. The average molecular weight is 450 g/mol. The number of hydrogen-bond donors (Lipinski definition) is 2. The summed E-state index contributed by atoms with van der Waals surface area (Å²) in [7, 11) is -3.69. The van der Waals surface area contributed by atoms with Crippen LogP contribution in [0.2, 0.25) is 0 Å². The summed E-state index contributed by atoms with van der Waals surface area (Å²) in [4.78, 5) is 0.412. The summed E-state index contributed by atoms with van der Waals surface area (Å²) in [6.45, 7) is 0. The smallest absolute Gasteiger partial charge is 0.263 e. The molecule has 0 radical (unpaired) electrons. The lowest BCUT2D eigenvalue weighted by molar-refractivity contribution is 0.600. The van der Waals surface area contributed by atoms with Gasteiger partial charge in [-0.15, -0.1) is 0 Å². The first kappa shape index (κ1) is 16.4. The highest BCUT2D eigenvalue weighted by Gasteiger charge is 2.18. The standard InChI is InChI=1S/C13H10Br2N2O2S2/c14-9-3-6-11(15)12(7-9)21(18,19)17-10-4-1-8(2-5-10)13(16)20/h1-7,17H,(H2,16,20). The molecule has 0 spiro atoms. The lowest BCUT2D eigenvalue weighted by Gasteiger charge is -2.10. The van der Waals surface area contributed by atoms with Crippen molar-refractivity contribution in [1.29, 1.82) is 0 Å². The molecule has 0 bridgehead atoms. The van der Waals surface area contributed by atoms with E-state index in [0.717, 1.165) is 0 Å². The van der Waals surface area contributed by atoms with E-state index in [1.54, 1.807) is 36.4 Å². The summed E-state index contributed by atoms with van der Waals surface area (Å²) in [5.41, 5.74) is 6.61. The zero-order chi connectivity index (χ0) is 15.6. The Kier molecular flexibility index (Phi) is 5.03. The Hall–Kier alpha value is -0.960. The topological polar surface area (TPSA) is 72.2 Å². The Labute approximate surface area is 145 Å². The molecule has 0 saturated carbocycles. The van der Waals surface area contributed by atoms with E-state index in [1.165, 1.54) is 6.07 Å². The van der Waals surface area contributed by atoms with Gasteiger partial charge < -0.3 is 5.73 Å². The molecule has 4 nitrogen and oxygen atoms in total. The Bertz CT molecular complexity index is 790. The third-order valence-electron chi connectivity index (χ3n) is 2.60. The molecule has 0 fully saturated rings. The molecule has 0 heterocycles. The van der Waals surface area contributed by atoms with Crippen molar-refractivity contribution in [1.82, 2.24) is 0 Å². The fraction of sp³-hybridized carbons (Fsp3) is 0. The fourth-order valence-electron chi connectivity index (χ4n) is 1.60. The second kappa shape index (κ2) is 6.43. The molecule has 8 heteroatoms. The van der Waals surface area contributed by atoms with Crippen molar-refractivity contribution >= 4 is 64.8 Å². The Morgan fingerprint density at radius 3 is 2.29 bits per heavy atom. The number of rotatable bonds is 4. The van der Waals surface area contributed by atoms with Gasteiger partial charge in [0.25, 0.3) is 10.0 Å². The van der Waals surface area contributed by atoms with Gasteiger partial charge in [-0.05, 0) is 58.4 Å². The minimum Gasteiger partial charge on any atom is -0.389 e. The van der Waals surface area contributed by atoms with Crippen LogP contribution in [0.5, 0.6) is 0 Å². The molecule has 2 aromatic carbocycles. The molecule has 2 rings (SSSR count). The molecule has 0 atom stereocenters. The van der Waals surface area contributed by atoms with E-state index in [2.05, 4.69) is 36.6 Å². The SMILES string of the molecule is NC(=S)c1ccc(NS(=O)(=O)c2cc(Br)ccc2Br)cc1. The molecular formula is C13H10Br2N2O2S2. The first-order chi connectivity index (χ1) is 9.79. The quantitative estimate of drug-likeness (QED) is 0.698. The summed E-state index contributed by atoms with van der Waals surface area (Å²) in [6.07, 6.45) is 0. The van der Waals surface area contributed by atoms with Crippen molar-refractivity contribution in [2.75, 3.05) is 4.72 Å². The second-order valence-corrected chi connectivity index (χ2v) is 7.98. The lowest BCUT2D eigenvalue weighted by Crippen LogP contribution is -2.14. The van der Waals surface area contributed by atoms with Crippen LogP contribution < -0.4 is 10.5 Å². The fourth-order valence-corrected chi connectivity index (χ4v) is 4.29. The van der Waals surface area contributed by atoms with Gasteiger partial charge in [0.15, 0.2) is 0 Å². The monoisotopic (exact) mass is 448 g/mol. The molecule has 21 heavy (non-hydrogen) atoms. The van der Waals surface area contributed by atoms with E-state index in [1.807, 2.05) is 0 Å². The van der Waals surface area contributed by atoms with E-state index < -0.39 is 10.0 Å². The van der Waals surface area contributed by atoms with E-state index in [4.69, 9.17) is 18.0 Å². The van der Waals surface area contributed by atoms with Crippen molar-refractivity contribution in [3.8, 4) is 0 Å². The zero-order valence-corrected chi connectivity index (χ0v) is 15.3. The van der Waals surface area contributed by atoms with Crippen molar-refractivity contribution in [2.24, 2.45) is 5.73 Å². The highest BCUT2D eigenvalue weighted by Crippen LogP contribution is 2.27. The summed E-state index contributed by atoms with van der Waals surface area (Å²) in [5, 5.41) is 0. The highest BCUT2D eigenvalue weighted by molar-refractivity contribution is 9.11. The van der Waals surface area contributed by atoms with Crippen LogP contribution in [0.3, 0.4) is 0 Å². The van der Waals surface area contributed by atoms with E-state index >= 15 is 0 Å². The molecule has 0 saturated heterocycles. The number of thiocarbonyl (C=S) groups is 1. The predicted molar refractivity (Wildman–Crippen MR) is 95.0 cm³/mol. The molecule has 0 aromatic heterocycles. The highest BCUT2D eigenvalue weighted by atomic mass is 79.9. The molecule has 0 aliphatic rings. The van der Waals surface area contributed by atoms with Crippen LogP contribution in [0.4, 0.5) is 5.69 Å². The van der Waals surface area contributed by atoms with Gasteiger partial charge >= 0.3 is 0 Å². The van der Waals surface area contributed by atoms with Crippen molar-refractivity contribution in [2.45, 2.75) is 4.90 Å². The second-order valence-electron chi connectivity index (χ2n) is 4.12. The molecule has 2 aromatic rings. The Balaban J connectivity index is 2.33. The molecule has 0 aliphatic carbocycles. The number of nitrogens with one attached hydrogen (secondary N) is 1. The lowest BCUT2D eigenvalue weighted by atomic mass is 10.2. The number of sulfonamides is 1. The number of benzene rings is 2. The molecule has 0 aliphatic heterocycles. The number of halogens is 2. The van der Waals surface area contributed by atoms with Gasteiger partial charge in [-0.25, -0.2) is 8.42 Å². The maximum Gasteiger partial charge on any atom is 0.263 e. The molecule has 0 unspecified atom stereocenters. The summed E-state index contributed by atoms with van der Waals surface area (Å²) < 4.78 is 28.4. The van der Waals surface area contributed by atoms with Crippen molar-refractivity contribution in [3.63, 3.8) is 0 Å². The van der Waals surface area contributed by atoms with E-state index in [-0.39, 0.29) is 9.88 Å². The first-order valence-electron chi connectivity index (χ1n) is 5.67. The molecule has 0 amide bonds. The minimum atomic E-state index is -3.69. The van der Waals surface area contributed by atoms with Crippen molar-refractivity contribution < 1.29 is 8.42 Å². The van der Waals surface area contributed by atoms with Crippen molar-refractivity contribution in [3.05, 3.63) is 57.0 Å². The van der Waals surface area contributed by atoms with E-state index in [0.29, 0.717) is 20.2 Å². The van der Waals surface area contributed by atoms with E-state index in [9.17, 15) is 8.42 Å². The molecular weight excluding hydrogens is 440 g/mol. The van der Waals surface area contributed by atoms with Gasteiger partial charge in [0.1, 0.15) is 9.88 Å². The molecule has 110 valence electrons. The number of nitrogens with two attached hydrogens (primary N) is 1. The van der Waals surface area contributed by atoms with Crippen LogP contribution in [0.15, 0.2) is 56.3 Å². The van der Waals surface area contributed by atoms with Crippen LogP contribution in [0, 0.1) is 0 Å². The van der Waals surface area contributed by atoms with Gasteiger partial charge in [-0.3, -0.25) is 4.72 Å². The largest absolute Gasteiger partial charge is 0.389 e. The summed E-state index contributed by atoms with van der Waals surface area (Å²) in [6, 6.07) is 11.5. The first-order valence-corrected chi connectivity index (χ1v) is 9.15. The zero-order valence-electron chi connectivity index (χ0n) is 10.5. The predicted octanol–water partition coefficient (Wildman–Crippen LogP) is 3.65. The maximum absolute atomic E-state index is 12.4. The van der Waals surface area contributed by atoms with Crippen LogP contribution in [-0.2, 0) is 10.0 Å². The van der Waals surface area contributed by atoms with Crippen LogP contribution in [-0.4, -0.2) is 13.4 Å². The number of anilines is 1. The van der Waals surface area contributed by atoms with Gasteiger partial charge in [-0.1, -0.05) is 28.1 Å². The molecule has 3 N–H and O–H groups in total. The van der Waals surface area contributed by atoms with Gasteiger partial charge in [-0.2, -0.15) is 0 Å². The summed E-state index contributed by atoms with van der Waals surface area (Å²) >= 11 is 11.3. The van der Waals surface area contributed by atoms with Crippen LogP contribution in [0.1, 0.15) is 5.56 Å². The maximum atomic E-state index is 12.4. The normalized spacial score (nSPS) is 11.1. The number of hydrogen-bond acceptors (Lipinski definition) is 3. The van der Waals surface area contributed by atoms with Crippen LogP contribution in [0.25, 0.3) is 0 Å². The minimum absolute atomic E-state index is 0.148. The van der Waals surface area contributed by atoms with Crippen LogP contribution >= 0.6 is 44.1 Å². The summed E-state index contributed by atoms with van der Waals surface area (Å²) in [5.74, 6) is 0. The average Bonchev–Trinajstić information content (AvgIpc) is 2.41. The van der Waals surface area contributed by atoms with Gasteiger partial charge in [0.05, 0.1) is 0 Å². The Morgan fingerprint density at radius 1 is 1.10 bits per heavy atom. The third-order valence-corrected chi connectivity index (χ3v) is 5.71. The van der Waals surface area contributed by atoms with Gasteiger partial charge in [0, 0.05) is 20.2 Å². The van der Waals surface area contributed by atoms with Gasteiger partial charge in [0.2, 0.25) is 0 Å².